The fourth-order valence-electron chi connectivity index (χ4n) is 3.58. The van der Waals surface area contributed by atoms with E-state index in [9.17, 15) is 4.79 Å². The molecule has 1 aliphatic rings. The molecule has 0 unspecified atom stereocenters. The van der Waals surface area contributed by atoms with E-state index in [0.717, 1.165) is 17.0 Å². The lowest BCUT2D eigenvalue weighted by Gasteiger charge is -2.29. The van der Waals surface area contributed by atoms with Crippen molar-refractivity contribution in [2.75, 3.05) is 0 Å². The van der Waals surface area contributed by atoms with Gasteiger partial charge in [-0.15, -0.1) is 0 Å². The van der Waals surface area contributed by atoms with E-state index in [1.54, 1.807) is 12.1 Å². The summed E-state index contributed by atoms with van der Waals surface area (Å²) in [6.45, 7) is 2.26. The SMILES string of the molecule is CCCC1CCC(n2cnc3cc(C(=O)O)ccc32)CC1. The van der Waals surface area contributed by atoms with Gasteiger partial charge in [0, 0.05) is 6.04 Å². The van der Waals surface area contributed by atoms with Gasteiger partial charge in [0.25, 0.3) is 0 Å². The molecule has 0 saturated heterocycles. The Bertz CT molecular complexity index is 639. The molecule has 2 aromatic rings. The predicted molar refractivity (Wildman–Crippen MR) is 82.6 cm³/mol. The largest absolute Gasteiger partial charge is 0.478 e. The molecule has 1 N–H and O–H groups in total. The van der Waals surface area contributed by atoms with E-state index in [1.165, 1.54) is 38.5 Å². The van der Waals surface area contributed by atoms with Gasteiger partial charge in [0.15, 0.2) is 0 Å². The first kappa shape index (κ1) is 14.1. The number of aromatic carboxylic acids is 1. The minimum Gasteiger partial charge on any atom is -0.478 e. The maximum absolute atomic E-state index is 11.0. The molecule has 1 heterocycles. The molecule has 21 heavy (non-hydrogen) atoms. The van der Waals surface area contributed by atoms with Gasteiger partial charge in [-0.05, 0) is 49.8 Å². The molecule has 1 aromatic carbocycles. The van der Waals surface area contributed by atoms with Crippen LogP contribution in [0.4, 0.5) is 0 Å². The van der Waals surface area contributed by atoms with Gasteiger partial charge in [-0.25, -0.2) is 9.78 Å². The lowest BCUT2D eigenvalue weighted by molar-refractivity contribution is 0.0697. The highest BCUT2D eigenvalue weighted by molar-refractivity contribution is 5.92. The Kier molecular flexibility index (Phi) is 3.95. The fourth-order valence-corrected chi connectivity index (χ4v) is 3.58. The van der Waals surface area contributed by atoms with Gasteiger partial charge < -0.3 is 9.67 Å². The summed E-state index contributed by atoms with van der Waals surface area (Å²) in [7, 11) is 0. The Morgan fingerprint density at radius 1 is 1.33 bits per heavy atom. The molecule has 1 aliphatic carbocycles. The van der Waals surface area contributed by atoms with Gasteiger partial charge >= 0.3 is 5.97 Å². The lowest BCUT2D eigenvalue weighted by atomic mass is 9.83. The van der Waals surface area contributed by atoms with E-state index in [4.69, 9.17) is 5.11 Å². The van der Waals surface area contributed by atoms with Crippen molar-refractivity contribution in [1.82, 2.24) is 9.55 Å². The van der Waals surface area contributed by atoms with Crippen LogP contribution in [0.5, 0.6) is 0 Å². The first-order valence-electron chi connectivity index (χ1n) is 7.89. The van der Waals surface area contributed by atoms with Crippen molar-refractivity contribution < 1.29 is 9.90 Å². The third kappa shape index (κ3) is 2.80. The third-order valence-corrected chi connectivity index (χ3v) is 4.73. The monoisotopic (exact) mass is 286 g/mol. The smallest absolute Gasteiger partial charge is 0.335 e. The molecule has 0 radical (unpaired) electrons. The number of carbonyl (C=O) groups is 1. The van der Waals surface area contributed by atoms with Crippen LogP contribution >= 0.6 is 0 Å². The number of fused-ring (bicyclic) bond motifs is 1. The van der Waals surface area contributed by atoms with Crippen LogP contribution < -0.4 is 0 Å². The number of imidazole rings is 1. The molecule has 0 bridgehead atoms. The van der Waals surface area contributed by atoms with Crippen LogP contribution in [0.3, 0.4) is 0 Å². The number of aromatic nitrogens is 2. The number of nitrogens with zero attached hydrogens (tertiary/aromatic N) is 2. The second-order valence-electron chi connectivity index (χ2n) is 6.12. The van der Waals surface area contributed by atoms with E-state index in [1.807, 2.05) is 12.4 Å². The van der Waals surface area contributed by atoms with Gasteiger partial charge in [0.2, 0.25) is 0 Å². The van der Waals surface area contributed by atoms with Crippen LogP contribution in [-0.4, -0.2) is 20.6 Å². The molecule has 1 saturated carbocycles. The Morgan fingerprint density at radius 3 is 2.76 bits per heavy atom. The number of hydrogen-bond donors (Lipinski definition) is 1. The van der Waals surface area contributed by atoms with Crippen LogP contribution in [0.15, 0.2) is 24.5 Å². The van der Waals surface area contributed by atoms with E-state index in [0.29, 0.717) is 11.6 Å². The standard InChI is InChI=1S/C17H22N2O2/c1-2-3-12-4-7-14(8-5-12)19-11-18-15-10-13(17(20)21)6-9-16(15)19/h6,9-12,14H,2-5,7-8H2,1H3,(H,20,21). The molecule has 0 amide bonds. The zero-order valence-corrected chi connectivity index (χ0v) is 12.5. The first-order chi connectivity index (χ1) is 10.2. The first-order valence-corrected chi connectivity index (χ1v) is 7.89. The Hall–Kier alpha value is -1.84. The molecule has 4 heteroatoms. The summed E-state index contributed by atoms with van der Waals surface area (Å²) < 4.78 is 2.24. The summed E-state index contributed by atoms with van der Waals surface area (Å²) in [6, 6.07) is 5.74. The molecular formula is C17H22N2O2. The topological polar surface area (TPSA) is 55.1 Å². The van der Waals surface area contributed by atoms with Gasteiger partial charge in [0.1, 0.15) is 0 Å². The summed E-state index contributed by atoms with van der Waals surface area (Å²) in [5.74, 6) is -0.00817. The van der Waals surface area contributed by atoms with Crippen LogP contribution in [0.2, 0.25) is 0 Å². The zero-order chi connectivity index (χ0) is 14.8. The number of hydrogen-bond acceptors (Lipinski definition) is 2. The predicted octanol–water partition coefficient (Wildman–Crippen LogP) is 4.27. The summed E-state index contributed by atoms with van der Waals surface area (Å²) in [5.41, 5.74) is 2.14. The second-order valence-corrected chi connectivity index (χ2v) is 6.12. The second kappa shape index (κ2) is 5.88. The Labute approximate surface area is 124 Å². The van der Waals surface area contributed by atoms with E-state index in [-0.39, 0.29) is 0 Å². The molecule has 1 fully saturated rings. The summed E-state index contributed by atoms with van der Waals surface area (Å²) >= 11 is 0. The fraction of sp³-hybridized carbons (Fsp3) is 0.529. The van der Waals surface area contributed by atoms with Crippen molar-refractivity contribution in [1.29, 1.82) is 0 Å². The maximum atomic E-state index is 11.0. The van der Waals surface area contributed by atoms with Gasteiger partial charge in [-0.2, -0.15) is 0 Å². The van der Waals surface area contributed by atoms with Crippen molar-refractivity contribution in [3.63, 3.8) is 0 Å². The van der Waals surface area contributed by atoms with Gasteiger partial charge in [-0.1, -0.05) is 19.8 Å². The van der Waals surface area contributed by atoms with Crippen molar-refractivity contribution in [2.45, 2.75) is 51.5 Å². The maximum Gasteiger partial charge on any atom is 0.335 e. The minimum atomic E-state index is -0.897. The molecule has 1 aromatic heterocycles. The van der Waals surface area contributed by atoms with Crippen molar-refractivity contribution in [3.8, 4) is 0 Å². The molecule has 3 rings (SSSR count). The Morgan fingerprint density at radius 2 is 2.10 bits per heavy atom. The van der Waals surface area contributed by atoms with Crippen molar-refractivity contribution in [3.05, 3.63) is 30.1 Å². The van der Waals surface area contributed by atoms with Crippen molar-refractivity contribution in [2.24, 2.45) is 5.92 Å². The van der Waals surface area contributed by atoms with E-state index in [2.05, 4.69) is 16.5 Å². The third-order valence-electron chi connectivity index (χ3n) is 4.73. The quantitative estimate of drug-likeness (QED) is 0.913. The normalized spacial score (nSPS) is 22.5. The van der Waals surface area contributed by atoms with Crippen LogP contribution in [0.25, 0.3) is 11.0 Å². The van der Waals surface area contributed by atoms with E-state index >= 15 is 0 Å². The highest BCUT2D eigenvalue weighted by Crippen LogP contribution is 2.35. The Balaban J connectivity index is 1.80. The molecule has 0 spiro atoms. The lowest BCUT2D eigenvalue weighted by Crippen LogP contribution is -2.17. The number of carboxylic acid groups (broad SMARTS) is 1. The molecule has 0 atom stereocenters. The highest BCUT2D eigenvalue weighted by atomic mass is 16.4. The number of benzene rings is 1. The van der Waals surface area contributed by atoms with Crippen LogP contribution in [0.1, 0.15) is 61.8 Å². The molecule has 112 valence electrons. The average Bonchev–Trinajstić information content (AvgIpc) is 2.91. The van der Waals surface area contributed by atoms with E-state index < -0.39 is 5.97 Å². The summed E-state index contributed by atoms with van der Waals surface area (Å²) in [5, 5.41) is 9.04. The minimum absolute atomic E-state index is 0.305. The zero-order valence-electron chi connectivity index (χ0n) is 12.5. The van der Waals surface area contributed by atoms with Crippen molar-refractivity contribution >= 4 is 17.0 Å². The molecule has 4 nitrogen and oxygen atoms in total. The van der Waals surface area contributed by atoms with Crippen LogP contribution in [0, 0.1) is 5.92 Å². The number of rotatable bonds is 4. The number of carboxylic acids is 1. The highest BCUT2D eigenvalue weighted by Gasteiger charge is 2.23. The molecular weight excluding hydrogens is 264 g/mol. The molecule has 0 aliphatic heterocycles. The average molecular weight is 286 g/mol. The van der Waals surface area contributed by atoms with Gasteiger partial charge in [-0.3, -0.25) is 0 Å². The van der Waals surface area contributed by atoms with Crippen LogP contribution in [-0.2, 0) is 0 Å². The summed E-state index contributed by atoms with van der Waals surface area (Å²) in [4.78, 5) is 15.4. The summed E-state index contributed by atoms with van der Waals surface area (Å²) in [6.07, 6.45) is 9.51. The van der Waals surface area contributed by atoms with Gasteiger partial charge in [0.05, 0.1) is 22.9 Å².